The Bertz CT molecular complexity index is 1200. The van der Waals surface area contributed by atoms with E-state index in [0.717, 1.165) is 12.3 Å². The molecule has 0 bridgehead atoms. The number of carboxylic acid groups (broad SMARTS) is 1. The molecule has 1 fully saturated rings. The van der Waals surface area contributed by atoms with E-state index in [0.29, 0.717) is 17.6 Å². The van der Waals surface area contributed by atoms with Gasteiger partial charge in [0.25, 0.3) is 0 Å². The van der Waals surface area contributed by atoms with Crippen LogP contribution in [0, 0.1) is 11.8 Å². The van der Waals surface area contributed by atoms with Crippen LogP contribution in [0.1, 0.15) is 12.0 Å². The number of rotatable bonds is 10. The largest absolute Gasteiger partial charge is 0.502 e. The highest BCUT2D eigenvalue weighted by Crippen LogP contribution is 2.44. The summed E-state index contributed by atoms with van der Waals surface area (Å²) in [5.74, 6) is -3.24. The quantitative estimate of drug-likeness (QED) is 0.119. The summed E-state index contributed by atoms with van der Waals surface area (Å²) in [6.07, 6.45) is -3.68. The summed E-state index contributed by atoms with van der Waals surface area (Å²) >= 11 is 0. The molecule has 2 heterocycles. The van der Waals surface area contributed by atoms with Gasteiger partial charge in [0.2, 0.25) is 12.0 Å². The number of methoxy groups -OCH3 is 2. The van der Waals surface area contributed by atoms with Crippen molar-refractivity contribution in [3.8, 4) is 17.2 Å². The van der Waals surface area contributed by atoms with Gasteiger partial charge in [0.1, 0.15) is 31.0 Å². The van der Waals surface area contributed by atoms with Gasteiger partial charge in [-0.15, -0.1) is 0 Å². The molecule has 0 saturated carbocycles. The molecule has 41 heavy (non-hydrogen) atoms. The van der Waals surface area contributed by atoms with Crippen LogP contribution in [0.5, 0.6) is 17.2 Å². The van der Waals surface area contributed by atoms with Crippen molar-refractivity contribution in [2.24, 2.45) is 11.8 Å². The number of aliphatic hydroxyl groups excluding tert-OH is 4. The molecule has 1 saturated heterocycles. The second-order valence-electron chi connectivity index (χ2n) is 9.58. The van der Waals surface area contributed by atoms with E-state index in [4.69, 9.17) is 28.4 Å². The summed E-state index contributed by atoms with van der Waals surface area (Å²) in [5, 5.41) is 60.6. The molecule has 4 rings (SSSR count). The number of esters is 1. The minimum Gasteiger partial charge on any atom is -0.502 e. The van der Waals surface area contributed by atoms with Gasteiger partial charge in [-0.2, -0.15) is 0 Å². The summed E-state index contributed by atoms with van der Waals surface area (Å²) in [6.45, 7) is -0.902. The molecule has 0 amide bonds. The first-order valence-electron chi connectivity index (χ1n) is 12.6. The molecule has 0 radical (unpaired) electrons. The van der Waals surface area contributed by atoms with Gasteiger partial charge in [-0.3, -0.25) is 0 Å². The number of allylic oxidation sites excluding steroid dienone is 1. The first kappa shape index (κ1) is 30.3. The summed E-state index contributed by atoms with van der Waals surface area (Å²) < 4.78 is 32.2. The van der Waals surface area contributed by atoms with Crippen molar-refractivity contribution in [2.75, 3.05) is 27.4 Å². The van der Waals surface area contributed by atoms with Crippen molar-refractivity contribution in [1.29, 1.82) is 0 Å². The Hall–Kier alpha value is -3.66. The van der Waals surface area contributed by atoms with Gasteiger partial charge in [-0.25, -0.2) is 9.59 Å². The van der Waals surface area contributed by atoms with E-state index < -0.39 is 67.4 Å². The van der Waals surface area contributed by atoms with E-state index >= 15 is 0 Å². The molecule has 8 atom stereocenters. The molecule has 14 heteroatoms. The van der Waals surface area contributed by atoms with Crippen molar-refractivity contribution in [1.82, 2.24) is 0 Å². The summed E-state index contributed by atoms with van der Waals surface area (Å²) in [6, 6.07) is 2.92. The lowest BCUT2D eigenvalue weighted by Gasteiger charge is -2.43. The van der Waals surface area contributed by atoms with Crippen molar-refractivity contribution in [3.63, 3.8) is 0 Å². The van der Waals surface area contributed by atoms with Crippen LogP contribution in [0.3, 0.4) is 0 Å². The molecule has 8 unspecified atom stereocenters. The van der Waals surface area contributed by atoms with Crippen molar-refractivity contribution < 1.29 is 68.6 Å². The number of ether oxygens (including phenoxy) is 6. The Morgan fingerprint density at radius 2 is 1.73 bits per heavy atom. The highest BCUT2D eigenvalue weighted by Gasteiger charge is 2.50. The zero-order valence-corrected chi connectivity index (χ0v) is 22.2. The summed E-state index contributed by atoms with van der Waals surface area (Å²) in [7, 11) is 2.71. The predicted molar refractivity (Wildman–Crippen MR) is 136 cm³/mol. The molecule has 224 valence electrons. The molecule has 1 aromatic carbocycles. The number of hydrogen-bond donors (Lipinski definition) is 6. The number of carbonyl (C=O) groups is 2. The van der Waals surface area contributed by atoms with Crippen molar-refractivity contribution >= 4 is 18.0 Å². The van der Waals surface area contributed by atoms with E-state index in [2.05, 4.69) is 0 Å². The van der Waals surface area contributed by atoms with Crippen LogP contribution in [-0.4, -0.2) is 107 Å². The van der Waals surface area contributed by atoms with Crippen molar-refractivity contribution in [2.45, 2.75) is 43.4 Å². The van der Waals surface area contributed by atoms with Gasteiger partial charge in [-0.1, -0.05) is 6.08 Å². The number of hydrogen-bond acceptors (Lipinski definition) is 13. The average Bonchev–Trinajstić information content (AvgIpc) is 3.40. The maximum atomic E-state index is 12.4. The fourth-order valence-electron chi connectivity index (χ4n) is 5.00. The van der Waals surface area contributed by atoms with Gasteiger partial charge < -0.3 is 59.1 Å². The predicted octanol–water partition coefficient (Wildman–Crippen LogP) is -0.330. The minimum atomic E-state index is -1.74. The van der Waals surface area contributed by atoms with E-state index in [-0.39, 0.29) is 29.4 Å². The third-order valence-electron chi connectivity index (χ3n) is 7.19. The van der Waals surface area contributed by atoms with Gasteiger partial charge >= 0.3 is 11.9 Å². The monoisotopic (exact) mass is 580 g/mol. The van der Waals surface area contributed by atoms with Gasteiger partial charge in [-0.05, 0) is 35.8 Å². The maximum absolute atomic E-state index is 12.4. The molecule has 6 N–H and O–H groups in total. The number of carbonyl (C=O) groups excluding carboxylic acids is 1. The topological polar surface area (TPSA) is 211 Å². The Labute approximate surface area is 234 Å². The smallest absolute Gasteiger partial charge is 0.335 e. The Kier molecular flexibility index (Phi) is 9.53. The number of benzene rings is 1. The first-order chi connectivity index (χ1) is 19.6. The molecular weight excluding hydrogens is 548 g/mol. The average molecular weight is 581 g/mol. The Balaban J connectivity index is 1.41. The lowest BCUT2D eigenvalue weighted by Crippen LogP contribution is -2.60. The lowest BCUT2D eigenvalue weighted by atomic mass is 9.83. The van der Waals surface area contributed by atoms with Crippen LogP contribution in [0.2, 0.25) is 0 Å². The van der Waals surface area contributed by atoms with Crippen LogP contribution in [0.15, 0.2) is 41.7 Å². The number of aliphatic carboxylic acids is 1. The molecule has 1 aromatic rings. The standard InChI is InChI=1S/C27H32O14/c1-36-16-7-12(8-17(37-2)21(16)30)3-6-19(29)38-11-18-22(31)23(32)24(33)27(40-18)41-26-20-13(9-28)4-5-14(20)15(10-39-26)25(34)35/h3-4,6-8,10,14,18,20,22-24,26-28,30-33H,5,9,11H2,1-2H3,(H,34,35). The number of aliphatic hydroxyl groups is 4. The van der Waals surface area contributed by atoms with E-state index in [1.807, 2.05) is 0 Å². The fraction of sp³-hybridized carbons (Fsp3) is 0.481. The molecule has 1 aliphatic carbocycles. The second-order valence-corrected chi connectivity index (χ2v) is 9.58. The highest BCUT2D eigenvalue weighted by atomic mass is 16.8. The van der Waals surface area contributed by atoms with Crippen LogP contribution >= 0.6 is 0 Å². The van der Waals surface area contributed by atoms with Crippen LogP contribution in [0.4, 0.5) is 0 Å². The third kappa shape index (κ3) is 6.32. The van der Waals surface area contributed by atoms with E-state index in [1.165, 1.54) is 32.4 Å². The Morgan fingerprint density at radius 3 is 2.34 bits per heavy atom. The minimum absolute atomic E-state index is 0.00264. The van der Waals surface area contributed by atoms with Crippen molar-refractivity contribution in [3.05, 3.63) is 47.3 Å². The normalized spacial score (nSPS) is 31.1. The van der Waals surface area contributed by atoms with Gasteiger partial charge in [0.05, 0.1) is 38.6 Å². The number of phenolic OH excluding ortho intramolecular Hbond substituents is 1. The number of aromatic hydroxyl groups is 1. The number of fused-ring (bicyclic) bond motifs is 1. The van der Waals surface area contributed by atoms with E-state index in [1.54, 1.807) is 6.08 Å². The SMILES string of the molecule is COc1cc(C=CC(=O)OCC2OC(OC3OC=C(C(=O)O)C4CC=C(CO)C34)C(O)C(O)C2O)cc(OC)c1O. The highest BCUT2D eigenvalue weighted by molar-refractivity contribution is 5.88. The lowest BCUT2D eigenvalue weighted by molar-refractivity contribution is -0.339. The maximum Gasteiger partial charge on any atom is 0.335 e. The third-order valence-corrected chi connectivity index (χ3v) is 7.19. The van der Waals surface area contributed by atoms with Gasteiger partial charge in [0.15, 0.2) is 17.8 Å². The van der Waals surface area contributed by atoms with Crippen LogP contribution < -0.4 is 9.47 Å². The van der Waals surface area contributed by atoms with E-state index in [9.17, 15) is 40.2 Å². The van der Waals surface area contributed by atoms with Crippen LogP contribution in [0.25, 0.3) is 6.08 Å². The fourth-order valence-corrected chi connectivity index (χ4v) is 5.00. The number of phenols is 1. The molecule has 0 spiro atoms. The molecular formula is C27H32O14. The van der Waals surface area contributed by atoms with Gasteiger partial charge in [0, 0.05) is 12.0 Å². The molecule has 2 aliphatic heterocycles. The first-order valence-corrected chi connectivity index (χ1v) is 12.6. The summed E-state index contributed by atoms with van der Waals surface area (Å²) in [4.78, 5) is 24.0. The zero-order valence-electron chi connectivity index (χ0n) is 22.2. The second kappa shape index (κ2) is 12.9. The van der Waals surface area contributed by atoms with Crippen LogP contribution in [-0.2, 0) is 28.5 Å². The zero-order chi connectivity index (χ0) is 29.8. The molecule has 3 aliphatic rings. The molecule has 14 nitrogen and oxygen atoms in total. The Morgan fingerprint density at radius 1 is 1.05 bits per heavy atom. The number of carboxylic acids is 1. The summed E-state index contributed by atoms with van der Waals surface area (Å²) in [5.41, 5.74) is 0.930. The molecule has 0 aromatic heterocycles.